The number of nitro groups is 1. The van der Waals surface area contributed by atoms with E-state index in [2.05, 4.69) is 9.46 Å². The first-order valence-electron chi connectivity index (χ1n) is 7.66. The molecule has 0 radical (unpaired) electrons. The van der Waals surface area contributed by atoms with Gasteiger partial charge in [0.25, 0.3) is 15.7 Å². The highest BCUT2D eigenvalue weighted by molar-refractivity contribution is 7.92. The van der Waals surface area contributed by atoms with E-state index in [1.165, 1.54) is 37.4 Å². The number of esters is 1. The Morgan fingerprint density at radius 2 is 1.85 bits per heavy atom. The third-order valence-electron chi connectivity index (χ3n) is 3.74. The number of methoxy groups -OCH3 is 1. The van der Waals surface area contributed by atoms with Gasteiger partial charge in [0, 0.05) is 18.6 Å². The summed E-state index contributed by atoms with van der Waals surface area (Å²) in [4.78, 5) is 21.4. The van der Waals surface area contributed by atoms with Crippen molar-refractivity contribution in [1.82, 2.24) is 0 Å². The van der Waals surface area contributed by atoms with Crippen LogP contribution in [-0.2, 0) is 26.0 Å². The molecule has 0 aromatic heterocycles. The van der Waals surface area contributed by atoms with E-state index in [1.807, 2.05) is 0 Å². The Morgan fingerprint density at radius 1 is 1.19 bits per heavy atom. The number of carbonyl (C=O) groups excluding carboxylic acids is 1. The van der Waals surface area contributed by atoms with Crippen LogP contribution in [0.5, 0.6) is 0 Å². The first kappa shape index (κ1) is 19.4. The summed E-state index contributed by atoms with van der Waals surface area (Å²) in [7, 11) is -2.52. The highest BCUT2D eigenvalue weighted by Gasteiger charge is 2.17. The average molecular weight is 378 g/mol. The van der Waals surface area contributed by atoms with E-state index in [0.29, 0.717) is 12.0 Å². The minimum Gasteiger partial charge on any atom is -0.469 e. The summed E-state index contributed by atoms with van der Waals surface area (Å²) in [6, 6.07) is 10.0. The van der Waals surface area contributed by atoms with Gasteiger partial charge in [0.05, 0.1) is 22.6 Å². The number of anilines is 1. The molecule has 8 nitrogen and oxygen atoms in total. The molecule has 26 heavy (non-hydrogen) atoms. The van der Waals surface area contributed by atoms with Crippen LogP contribution in [0, 0.1) is 17.0 Å². The molecule has 0 aliphatic heterocycles. The van der Waals surface area contributed by atoms with E-state index in [-0.39, 0.29) is 28.7 Å². The quantitative estimate of drug-likeness (QED) is 0.450. The molecule has 0 unspecified atom stereocenters. The van der Waals surface area contributed by atoms with Crippen molar-refractivity contribution >= 4 is 27.4 Å². The number of sulfonamides is 1. The summed E-state index contributed by atoms with van der Waals surface area (Å²) in [5.74, 6) is -0.336. The number of nitrogens with one attached hydrogen (secondary N) is 1. The van der Waals surface area contributed by atoms with Crippen LogP contribution in [0.4, 0.5) is 11.4 Å². The minimum atomic E-state index is -3.83. The van der Waals surface area contributed by atoms with Crippen molar-refractivity contribution in [1.29, 1.82) is 0 Å². The van der Waals surface area contributed by atoms with Gasteiger partial charge in [-0.2, -0.15) is 0 Å². The van der Waals surface area contributed by atoms with Crippen LogP contribution in [0.2, 0.25) is 0 Å². The van der Waals surface area contributed by atoms with E-state index in [9.17, 15) is 23.3 Å². The molecule has 2 aromatic carbocycles. The zero-order chi connectivity index (χ0) is 19.3. The zero-order valence-corrected chi connectivity index (χ0v) is 15.1. The van der Waals surface area contributed by atoms with E-state index in [1.54, 1.807) is 19.1 Å². The van der Waals surface area contributed by atoms with Crippen molar-refractivity contribution in [3.8, 4) is 0 Å². The first-order chi connectivity index (χ1) is 12.2. The summed E-state index contributed by atoms with van der Waals surface area (Å²) >= 11 is 0. The van der Waals surface area contributed by atoms with E-state index < -0.39 is 14.9 Å². The van der Waals surface area contributed by atoms with Gasteiger partial charge in [-0.3, -0.25) is 19.6 Å². The van der Waals surface area contributed by atoms with Crippen molar-refractivity contribution in [2.75, 3.05) is 11.8 Å². The Balaban J connectivity index is 2.15. The molecule has 0 aliphatic rings. The Hall–Kier alpha value is -2.94. The van der Waals surface area contributed by atoms with Crippen LogP contribution in [0.1, 0.15) is 17.5 Å². The molecule has 2 aromatic rings. The molecule has 0 spiro atoms. The fourth-order valence-electron chi connectivity index (χ4n) is 2.26. The Bertz CT molecular complexity index is 923. The third-order valence-corrected chi connectivity index (χ3v) is 5.13. The van der Waals surface area contributed by atoms with Crippen LogP contribution in [-0.4, -0.2) is 26.4 Å². The Morgan fingerprint density at radius 3 is 2.38 bits per heavy atom. The number of benzene rings is 2. The molecule has 0 atom stereocenters. The van der Waals surface area contributed by atoms with Gasteiger partial charge in [-0.15, -0.1) is 0 Å². The van der Waals surface area contributed by atoms with Crippen molar-refractivity contribution < 1.29 is 22.9 Å². The summed E-state index contributed by atoms with van der Waals surface area (Å²) in [5, 5.41) is 10.8. The van der Waals surface area contributed by atoms with Gasteiger partial charge < -0.3 is 4.74 Å². The molecule has 0 amide bonds. The maximum absolute atomic E-state index is 12.5. The summed E-state index contributed by atoms with van der Waals surface area (Å²) < 4.78 is 31.9. The van der Waals surface area contributed by atoms with Crippen molar-refractivity contribution in [3.05, 3.63) is 63.7 Å². The Kier molecular flexibility index (Phi) is 5.93. The van der Waals surface area contributed by atoms with Gasteiger partial charge >= 0.3 is 5.97 Å². The molecule has 0 bridgehead atoms. The van der Waals surface area contributed by atoms with Gasteiger partial charge in [-0.25, -0.2) is 8.42 Å². The SMILES string of the molecule is COC(=O)CCc1ccc(S(=O)(=O)Nc2ccc([N+](=O)[O-])cc2C)cc1. The zero-order valence-electron chi connectivity index (χ0n) is 14.3. The van der Waals surface area contributed by atoms with Crippen molar-refractivity contribution in [2.24, 2.45) is 0 Å². The molecular formula is C17H18N2O6S. The van der Waals surface area contributed by atoms with Crippen molar-refractivity contribution in [2.45, 2.75) is 24.7 Å². The Labute approximate surface area is 151 Å². The van der Waals surface area contributed by atoms with Crippen LogP contribution in [0.3, 0.4) is 0 Å². The van der Waals surface area contributed by atoms with Gasteiger partial charge in [-0.05, 0) is 42.7 Å². The molecular weight excluding hydrogens is 360 g/mol. The number of aryl methyl sites for hydroxylation is 2. The molecule has 138 valence electrons. The number of nitro benzene ring substituents is 1. The maximum atomic E-state index is 12.5. The van der Waals surface area contributed by atoms with E-state index >= 15 is 0 Å². The second-order valence-electron chi connectivity index (χ2n) is 5.58. The topological polar surface area (TPSA) is 116 Å². The van der Waals surface area contributed by atoms with E-state index in [4.69, 9.17) is 0 Å². The molecule has 0 fully saturated rings. The molecule has 0 saturated heterocycles. The molecule has 0 saturated carbocycles. The number of hydrogen-bond acceptors (Lipinski definition) is 6. The maximum Gasteiger partial charge on any atom is 0.305 e. The fraction of sp³-hybridized carbons (Fsp3) is 0.235. The van der Waals surface area contributed by atoms with Gasteiger partial charge in [-0.1, -0.05) is 12.1 Å². The second-order valence-corrected chi connectivity index (χ2v) is 7.26. The highest BCUT2D eigenvalue weighted by Crippen LogP contribution is 2.24. The molecule has 1 N–H and O–H groups in total. The lowest BCUT2D eigenvalue weighted by Gasteiger charge is -2.11. The second kappa shape index (κ2) is 7.96. The average Bonchev–Trinajstić information content (AvgIpc) is 2.61. The van der Waals surface area contributed by atoms with Crippen molar-refractivity contribution in [3.63, 3.8) is 0 Å². The molecule has 0 heterocycles. The molecule has 0 aliphatic carbocycles. The highest BCUT2D eigenvalue weighted by atomic mass is 32.2. The number of non-ortho nitro benzene ring substituents is 1. The fourth-order valence-corrected chi connectivity index (χ4v) is 3.39. The van der Waals surface area contributed by atoms with Crippen LogP contribution in [0.15, 0.2) is 47.4 Å². The summed E-state index contributed by atoms with van der Waals surface area (Å²) in [6.07, 6.45) is 0.657. The minimum absolute atomic E-state index is 0.0528. The van der Waals surface area contributed by atoms with Crippen LogP contribution >= 0.6 is 0 Å². The normalized spacial score (nSPS) is 11.0. The molecule has 2 rings (SSSR count). The number of ether oxygens (including phenoxy) is 1. The number of nitrogens with zero attached hydrogens (tertiary/aromatic N) is 1. The number of hydrogen-bond donors (Lipinski definition) is 1. The monoisotopic (exact) mass is 378 g/mol. The molecule has 9 heteroatoms. The third kappa shape index (κ3) is 4.79. The van der Waals surface area contributed by atoms with Gasteiger partial charge in [0.1, 0.15) is 0 Å². The van der Waals surface area contributed by atoms with Gasteiger partial charge in [0.2, 0.25) is 0 Å². The lowest BCUT2D eigenvalue weighted by atomic mass is 10.1. The van der Waals surface area contributed by atoms with Crippen LogP contribution in [0.25, 0.3) is 0 Å². The van der Waals surface area contributed by atoms with E-state index in [0.717, 1.165) is 5.56 Å². The van der Waals surface area contributed by atoms with Crippen LogP contribution < -0.4 is 4.72 Å². The standard InChI is InChI=1S/C17H18N2O6S/c1-12-11-14(19(21)22)6-9-16(12)18-26(23,24)15-7-3-13(4-8-15)5-10-17(20)25-2/h3-4,6-9,11,18H,5,10H2,1-2H3. The predicted molar refractivity (Wildman–Crippen MR) is 95.4 cm³/mol. The summed E-state index contributed by atoms with van der Waals surface area (Å²) in [5.41, 5.74) is 1.41. The number of carbonyl (C=O) groups is 1. The number of rotatable bonds is 7. The van der Waals surface area contributed by atoms with Gasteiger partial charge in [0.15, 0.2) is 0 Å². The largest absolute Gasteiger partial charge is 0.469 e. The lowest BCUT2D eigenvalue weighted by molar-refractivity contribution is -0.384. The summed E-state index contributed by atoms with van der Waals surface area (Å²) in [6.45, 7) is 1.58. The smallest absolute Gasteiger partial charge is 0.305 e. The lowest BCUT2D eigenvalue weighted by Crippen LogP contribution is -2.14. The first-order valence-corrected chi connectivity index (χ1v) is 9.15. The predicted octanol–water partition coefficient (Wildman–Crippen LogP) is 2.81.